The third kappa shape index (κ3) is 2.62. The molecule has 2 rings (SSSR count). The first-order valence-corrected chi connectivity index (χ1v) is 6.38. The van der Waals surface area contributed by atoms with Crippen LogP contribution in [0.15, 0.2) is 10.7 Å². The van der Waals surface area contributed by atoms with Crippen molar-refractivity contribution in [2.24, 2.45) is 0 Å². The van der Waals surface area contributed by atoms with Gasteiger partial charge in [-0.3, -0.25) is 4.79 Å². The Hall–Kier alpha value is -0.770. The fourth-order valence-corrected chi connectivity index (χ4v) is 3.18. The van der Waals surface area contributed by atoms with Crippen LogP contribution in [-0.4, -0.2) is 21.9 Å². The summed E-state index contributed by atoms with van der Waals surface area (Å²) in [6.07, 6.45) is 6.21. The van der Waals surface area contributed by atoms with Gasteiger partial charge < -0.3 is 4.52 Å². The molecule has 4 heteroatoms. The number of carbonyl (C=O) groups is 1. The molecule has 0 saturated carbocycles. The molecule has 0 radical (unpaired) electrons. The maximum absolute atomic E-state index is 11.3. The number of rotatable bonds is 3. The van der Waals surface area contributed by atoms with Crippen molar-refractivity contribution in [3.05, 3.63) is 17.5 Å². The van der Waals surface area contributed by atoms with Gasteiger partial charge in [0.15, 0.2) is 5.78 Å². The van der Waals surface area contributed by atoms with Gasteiger partial charge in [0.2, 0.25) is 0 Å². The normalized spacial score (nSPS) is 21.5. The highest BCUT2D eigenvalue weighted by atomic mass is 32.2. The number of Topliss-reactive ketones (excluding diaryl/α,β-unsaturated/α-hetero) is 1. The predicted octanol–water partition coefficient (Wildman–Crippen LogP) is 2.71. The third-order valence-electron chi connectivity index (χ3n) is 2.71. The lowest BCUT2D eigenvalue weighted by Gasteiger charge is -2.19. The molecule has 15 heavy (non-hydrogen) atoms. The van der Waals surface area contributed by atoms with E-state index in [0.29, 0.717) is 10.8 Å². The summed E-state index contributed by atoms with van der Waals surface area (Å²) in [6, 6.07) is 0. The van der Waals surface area contributed by atoms with E-state index in [1.807, 2.05) is 11.8 Å². The quantitative estimate of drug-likeness (QED) is 0.742. The molecular weight excluding hydrogens is 210 g/mol. The molecule has 0 bridgehead atoms. The minimum absolute atomic E-state index is 0.0482. The average molecular weight is 225 g/mol. The summed E-state index contributed by atoms with van der Waals surface area (Å²) in [4.78, 5) is 11.3. The van der Waals surface area contributed by atoms with Crippen LogP contribution in [-0.2, 0) is 6.42 Å². The molecule has 1 unspecified atom stereocenters. The van der Waals surface area contributed by atoms with Crippen molar-refractivity contribution in [2.75, 3.05) is 5.75 Å². The zero-order chi connectivity index (χ0) is 10.7. The van der Waals surface area contributed by atoms with Crippen LogP contribution in [0.1, 0.15) is 42.3 Å². The number of carbonyl (C=O) groups excluding carboxylic acids is 1. The lowest BCUT2D eigenvalue weighted by molar-refractivity contribution is 0.101. The van der Waals surface area contributed by atoms with E-state index in [-0.39, 0.29) is 5.78 Å². The monoisotopic (exact) mass is 225 g/mol. The fourth-order valence-electron chi connectivity index (χ4n) is 1.87. The number of hydrogen-bond donors (Lipinski definition) is 0. The third-order valence-corrected chi connectivity index (χ3v) is 4.11. The average Bonchev–Trinajstić information content (AvgIpc) is 2.67. The number of ketones is 1. The Balaban J connectivity index is 2.03. The molecule has 82 valence electrons. The Morgan fingerprint density at radius 1 is 1.67 bits per heavy atom. The van der Waals surface area contributed by atoms with Gasteiger partial charge in [-0.1, -0.05) is 11.6 Å². The number of aromatic nitrogens is 1. The van der Waals surface area contributed by atoms with Crippen molar-refractivity contribution in [2.45, 2.75) is 37.9 Å². The van der Waals surface area contributed by atoms with Gasteiger partial charge in [0, 0.05) is 11.7 Å². The summed E-state index contributed by atoms with van der Waals surface area (Å²) < 4.78 is 5.14. The van der Waals surface area contributed by atoms with Crippen LogP contribution in [0.5, 0.6) is 0 Å². The summed E-state index contributed by atoms with van der Waals surface area (Å²) in [5.41, 5.74) is 0.654. The summed E-state index contributed by atoms with van der Waals surface area (Å²) >= 11 is 1.98. The molecule has 1 aliphatic heterocycles. The van der Waals surface area contributed by atoms with Gasteiger partial charge in [-0.2, -0.15) is 11.8 Å². The molecule has 2 heterocycles. The topological polar surface area (TPSA) is 43.1 Å². The first-order chi connectivity index (χ1) is 7.27. The first-order valence-electron chi connectivity index (χ1n) is 5.33. The lowest BCUT2D eigenvalue weighted by Crippen LogP contribution is -2.13. The van der Waals surface area contributed by atoms with E-state index in [0.717, 1.165) is 12.2 Å². The SMILES string of the molecule is CC(=O)c1cnoc1CC1CCCCS1. The number of nitrogens with zero attached hydrogens (tertiary/aromatic N) is 1. The zero-order valence-electron chi connectivity index (χ0n) is 8.86. The minimum atomic E-state index is 0.0482. The second-order valence-corrected chi connectivity index (χ2v) is 5.32. The zero-order valence-corrected chi connectivity index (χ0v) is 9.68. The molecule has 0 N–H and O–H groups in total. The molecule has 0 spiro atoms. The van der Waals surface area contributed by atoms with Crippen LogP contribution in [0.2, 0.25) is 0 Å². The summed E-state index contributed by atoms with van der Waals surface area (Å²) in [6.45, 7) is 1.56. The van der Waals surface area contributed by atoms with Gasteiger partial charge >= 0.3 is 0 Å². The fraction of sp³-hybridized carbons (Fsp3) is 0.636. The Kier molecular flexibility index (Phi) is 3.46. The summed E-state index contributed by atoms with van der Waals surface area (Å²) in [5, 5.41) is 4.31. The van der Waals surface area contributed by atoms with Crippen LogP contribution < -0.4 is 0 Å². The smallest absolute Gasteiger partial charge is 0.164 e. The van der Waals surface area contributed by atoms with E-state index in [2.05, 4.69) is 5.16 Å². The maximum atomic E-state index is 11.3. The Bertz CT molecular complexity index is 342. The molecular formula is C11H15NO2S. The van der Waals surface area contributed by atoms with Gasteiger partial charge in [-0.25, -0.2) is 0 Å². The van der Waals surface area contributed by atoms with Crippen LogP contribution >= 0.6 is 11.8 Å². The standard InChI is InChI=1S/C11H15NO2S/c1-8(13)10-7-12-14-11(10)6-9-4-2-3-5-15-9/h7,9H,2-6H2,1H3. The molecule has 1 aromatic rings. The highest BCUT2D eigenvalue weighted by molar-refractivity contribution is 7.99. The molecule has 1 aromatic heterocycles. The van der Waals surface area contributed by atoms with Crippen molar-refractivity contribution in [1.29, 1.82) is 0 Å². The molecule has 3 nitrogen and oxygen atoms in total. The number of hydrogen-bond acceptors (Lipinski definition) is 4. The van der Waals surface area contributed by atoms with Gasteiger partial charge in [0.1, 0.15) is 5.76 Å². The van der Waals surface area contributed by atoms with Gasteiger partial charge in [0.05, 0.1) is 11.8 Å². The molecule has 0 aliphatic carbocycles. The summed E-state index contributed by atoms with van der Waals surface area (Å²) in [5.74, 6) is 2.04. The van der Waals surface area contributed by atoms with E-state index < -0.39 is 0 Å². The van der Waals surface area contributed by atoms with Crippen molar-refractivity contribution in [3.8, 4) is 0 Å². The van der Waals surface area contributed by atoms with E-state index in [4.69, 9.17) is 4.52 Å². The second kappa shape index (κ2) is 4.84. The maximum Gasteiger partial charge on any atom is 0.164 e. The van der Waals surface area contributed by atoms with Gasteiger partial charge in [0.25, 0.3) is 0 Å². The minimum Gasteiger partial charge on any atom is -0.361 e. The van der Waals surface area contributed by atoms with E-state index >= 15 is 0 Å². The highest BCUT2D eigenvalue weighted by Crippen LogP contribution is 2.28. The Morgan fingerprint density at radius 3 is 3.20 bits per heavy atom. The van der Waals surface area contributed by atoms with Gasteiger partial charge in [-0.05, 0) is 25.5 Å². The van der Waals surface area contributed by atoms with E-state index in [9.17, 15) is 4.79 Å². The molecule has 1 atom stereocenters. The second-order valence-electron chi connectivity index (χ2n) is 3.91. The van der Waals surface area contributed by atoms with Crippen LogP contribution in [0.3, 0.4) is 0 Å². The Labute approximate surface area is 93.6 Å². The van der Waals surface area contributed by atoms with Crippen LogP contribution in [0.25, 0.3) is 0 Å². The lowest BCUT2D eigenvalue weighted by atomic mass is 10.1. The largest absolute Gasteiger partial charge is 0.361 e. The Morgan fingerprint density at radius 2 is 2.53 bits per heavy atom. The first kappa shape index (κ1) is 10.7. The molecule has 0 amide bonds. The van der Waals surface area contributed by atoms with Crippen molar-refractivity contribution < 1.29 is 9.32 Å². The molecule has 1 aliphatic rings. The number of thioether (sulfide) groups is 1. The van der Waals surface area contributed by atoms with E-state index in [1.165, 1.54) is 31.2 Å². The van der Waals surface area contributed by atoms with E-state index in [1.54, 1.807) is 6.92 Å². The van der Waals surface area contributed by atoms with Crippen LogP contribution in [0.4, 0.5) is 0 Å². The molecule has 1 saturated heterocycles. The van der Waals surface area contributed by atoms with Gasteiger partial charge in [-0.15, -0.1) is 0 Å². The predicted molar refractivity (Wildman–Crippen MR) is 60.3 cm³/mol. The van der Waals surface area contributed by atoms with Crippen molar-refractivity contribution >= 4 is 17.5 Å². The van der Waals surface area contributed by atoms with Crippen LogP contribution in [0, 0.1) is 0 Å². The molecule has 0 aromatic carbocycles. The van der Waals surface area contributed by atoms with Crippen molar-refractivity contribution in [3.63, 3.8) is 0 Å². The van der Waals surface area contributed by atoms with Crippen molar-refractivity contribution in [1.82, 2.24) is 5.16 Å². The molecule has 1 fully saturated rings. The summed E-state index contributed by atoms with van der Waals surface area (Å²) in [7, 11) is 0. The highest BCUT2D eigenvalue weighted by Gasteiger charge is 2.20.